The van der Waals surface area contributed by atoms with Crippen LogP contribution >= 0.6 is 23.1 Å². The fourth-order valence-electron chi connectivity index (χ4n) is 7.85. The Balaban J connectivity index is 1.19. The number of hydrogen-bond acceptors (Lipinski definition) is 24. The quantitative estimate of drug-likeness (QED) is 0.0179. The second-order valence-corrected chi connectivity index (χ2v) is 26.7. The zero-order chi connectivity index (χ0) is 58.4. The van der Waals surface area contributed by atoms with Gasteiger partial charge in [-0.2, -0.15) is 52.5 Å². The minimum atomic E-state index is -4.89. The third-order valence-electron chi connectivity index (χ3n) is 11.6. The summed E-state index contributed by atoms with van der Waals surface area (Å²) in [6, 6.07) is 14.5. The van der Waals surface area contributed by atoms with E-state index in [0.29, 0.717) is 16.0 Å². The summed E-state index contributed by atoms with van der Waals surface area (Å²) in [5.74, 6) is -2.13. The molecule has 0 unspecified atom stereocenters. The van der Waals surface area contributed by atoms with Crippen LogP contribution in [0.25, 0.3) is 37.7 Å². The van der Waals surface area contributed by atoms with Crippen molar-refractivity contribution in [2.75, 3.05) is 31.0 Å². The molecule has 0 amide bonds. The number of aromatic hydroxyl groups is 1. The van der Waals surface area contributed by atoms with Gasteiger partial charge in [0, 0.05) is 28.0 Å². The Morgan fingerprint density at radius 2 is 1.31 bits per heavy atom. The van der Waals surface area contributed by atoms with E-state index in [4.69, 9.17) is 9.47 Å². The van der Waals surface area contributed by atoms with Gasteiger partial charge >= 0.3 is 0 Å². The molecular weight excluding hydrogens is 1190 g/mol. The standard InChI is InChI=1S/C45H40N10O18S7/c1-22-13-32(51-53-40-24(3)28(21-46)43-47-31-18-36(72-4)38(79(66,67)68)20-34(31)55(43)44(40)56)35(73-9-5-11-76(57,58)59)17-29(22)49-52-33-14-23(2)30(19-37(33)74-10-6-12-77(60,61)62)50-54-45-48-41-39(80(69,70)71)15-25-7-8-26(78(63,64)65)16-27(25)42(41)75-45/h7-8,13-20,56H,5-6,9-12H2,1-4H3,(H,57,58,59)(H,60,61,62)(H,63,64,65)(H,66,67,68)(H,69,70,71). The van der Waals surface area contributed by atoms with Crippen LogP contribution in [-0.2, 0) is 50.6 Å². The fourth-order valence-corrected chi connectivity index (χ4v) is 12.8. The maximum atomic E-state index is 12.5. The molecule has 0 aliphatic carbocycles. The zero-order valence-electron chi connectivity index (χ0n) is 41.4. The predicted octanol–water partition coefficient (Wildman–Crippen LogP) is 9.77. The molecular formula is C45H40N10O18S7. The van der Waals surface area contributed by atoms with E-state index in [1.165, 1.54) is 37.3 Å². The highest BCUT2D eigenvalue weighted by molar-refractivity contribution is 7.99. The van der Waals surface area contributed by atoms with Gasteiger partial charge in [0.2, 0.25) is 11.0 Å². The van der Waals surface area contributed by atoms with Gasteiger partial charge < -0.3 is 14.6 Å². The summed E-state index contributed by atoms with van der Waals surface area (Å²) < 4.78 is 180. The Morgan fingerprint density at radius 3 is 1.95 bits per heavy atom. The predicted molar refractivity (Wildman–Crippen MR) is 290 cm³/mol. The van der Waals surface area contributed by atoms with Crippen LogP contribution in [0.1, 0.15) is 35.1 Å². The molecule has 3 heterocycles. The van der Waals surface area contributed by atoms with Crippen LogP contribution in [0.5, 0.6) is 17.4 Å². The van der Waals surface area contributed by atoms with Gasteiger partial charge in [-0.1, -0.05) is 17.4 Å². The van der Waals surface area contributed by atoms with E-state index in [-0.39, 0.29) is 119 Å². The van der Waals surface area contributed by atoms with Gasteiger partial charge in [-0.25, -0.2) is 9.97 Å². The van der Waals surface area contributed by atoms with E-state index < -0.39 is 82.7 Å². The number of fused-ring (bicyclic) bond motifs is 6. The third kappa shape index (κ3) is 13.0. The molecule has 0 bridgehead atoms. The summed E-state index contributed by atoms with van der Waals surface area (Å²) in [5.41, 5.74) is 0.678. The second kappa shape index (κ2) is 22.4. The number of hydrogen-bond donors (Lipinski definition) is 6. The van der Waals surface area contributed by atoms with E-state index in [0.717, 1.165) is 58.9 Å². The first-order valence-corrected chi connectivity index (χ1v) is 31.8. The molecule has 80 heavy (non-hydrogen) atoms. The SMILES string of the molecule is COc1cc2nc3c(C#N)c(C)c(N=Nc4cc(C)c(N=Nc5cc(C)c(N=Nc6nc7c(S(=O)(=O)O)cc8ccc(S(=O)(=O)O)cc8c7s6)cc5SCCCS(=O)(=O)O)cc4OCCCS(=O)(=O)O)c(O)n3c2cc1S(=O)(=O)O. The first kappa shape index (κ1) is 58.9. The first-order valence-electron chi connectivity index (χ1n) is 22.5. The van der Waals surface area contributed by atoms with E-state index >= 15 is 0 Å². The summed E-state index contributed by atoms with van der Waals surface area (Å²) in [6.45, 7) is 4.37. The molecule has 8 aromatic rings. The molecule has 0 fully saturated rings. The van der Waals surface area contributed by atoms with Gasteiger partial charge in [0.1, 0.15) is 44.1 Å². The molecule has 0 radical (unpaired) electrons. The van der Waals surface area contributed by atoms with Crippen LogP contribution in [0, 0.1) is 32.1 Å². The van der Waals surface area contributed by atoms with Crippen LogP contribution in [0.15, 0.2) is 111 Å². The van der Waals surface area contributed by atoms with E-state index in [9.17, 15) is 75.2 Å². The van der Waals surface area contributed by atoms with Crippen molar-refractivity contribution >= 4 is 145 Å². The lowest BCUT2D eigenvalue weighted by Crippen LogP contribution is -2.08. The number of azo groups is 3. The maximum absolute atomic E-state index is 12.5. The van der Waals surface area contributed by atoms with Gasteiger partial charge in [-0.15, -0.1) is 37.3 Å². The summed E-state index contributed by atoms with van der Waals surface area (Å²) in [4.78, 5) is 7.24. The highest BCUT2D eigenvalue weighted by Crippen LogP contribution is 2.45. The molecule has 0 saturated heterocycles. The molecule has 0 aliphatic rings. The largest absolute Gasteiger partial charge is 0.495 e. The number of pyridine rings is 1. The number of rotatable bonds is 20. The van der Waals surface area contributed by atoms with Crippen molar-refractivity contribution in [1.82, 2.24) is 14.4 Å². The number of nitriles is 1. The topological polar surface area (TPSA) is 439 Å². The Labute approximate surface area is 462 Å². The average molecular weight is 1230 g/mol. The van der Waals surface area contributed by atoms with Crippen LogP contribution in [0.3, 0.4) is 0 Å². The molecule has 0 atom stereocenters. The molecule has 35 heteroatoms. The maximum Gasteiger partial charge on any atom is 0.298 e. The minimum absolute atomic E-state index is 0.0145. The smallest absolute Gasteiger partial charge is 0.298 e. The lowest BCUT2D eigenvalue weighted by Gasteiger charge is -2.12. The van der Waals surface area contributed by atoms with E-state index in [1.807, 2.05) is 6.07 Å². The van der Waals surface area contributed by atoms with Crippen molar-refractivity contribution in [3.8, 4) is 23.4 Å². The van der Waals surface area contributed by atoms with Crippen molar-refractivity contribution in [3.63, 3.8) is 0 Å². The van der Waals surface area contributed by atoms with E-state index in [2.05, 4.69) is 40.7 Å². The van der Waals surface area contributed by atoms with Crippen molar-refractivity contribution in [2.45, 2.75) is 53.2 Å². The Morgan fingerprint density at radius 1 is 0.688 bits per heavy atom. The van der Waals surface area contributed by atoms with Gasteiger partial charge in [-0.3, -0.25) is 27.2 Å². The van der Waals surface area contributed by atoms with Crippen molar-refractivity contribution in [2.24, 2.45) is 30.7 Å². The first-order chi connectivity index (χ1) is 37.3. The molecule has 0 spiro atoms. The van der Waals surface area contributed by atoms with Crippen LogP contribution in [0.4, 0.5) is 33.6 Å². The number of ether oxygens (including phenoxy) is 2. The van der Waals surface area contributed by atoms with Gasteiger partial charge in [0.05, 0.1) is 62.9 Å². The van der Waals surface area contributed by atoms with Gasteiger partial charge in [-0.05, 0) is 98.3 Å². The van der Waals surface area contributed by atoms with Crippen molar-refractivity contribution in [3.05, 3.63) is 82.9 Å². The number of methoxy groups -OCH3 is 1. The minimum Gasteiger partial charge on any atom is -0.495 e. The Bertz CT molecular complexity index is 4640. The molecule has 5 aromatic carbocycles. The number of aryl methyl sites for hydroxylation is 2. The van der Waals surface area contributed by atoms with Gasteiger partial charge in [0.25, 0.3) is 50.6 Å². The fraction of sp³-hybridized carbons (Fsp3) is 0.222. The lowest BCUT2D eigenvalue weighted by atomic mass is 10.1. The highest BCUT2D eigenvalue weighted by Gasteiger charge is 2.26. The van der Waals surface area contributed by atoms with Gasteiger partial charge in [0.15, 0.2) is 11.3 Å². The molecule has 8 rings (SSSR count). The van der Waals surface area contributed by atoms with Crippen LogP contribution in [-0.4, -0.2) is 115 Å². The molecule has 28 nitrogen and oxygen atoms in total. The molecule has 6 N–H and O–H groups in total. The number of imidazole rings is 1. The second-order valence-electron chi connectivity index (χ2n) is 17.2. The Kier molecular flexibility index (Phi) is 16.5. The molecule has 3 aromatic heterocycles. The average Bonchev–Trinajstić information content (AvgIpc) is 4.02. The monoisotopic (exact) mass is 1230 g/mol. The molecule has 0 aliphatic heterocycles. The number of aromatic nitrogens is 3. The zero-order valence-corrected chi connectivity index (χ0v) is 47.1. The number of thioether (sulfide) groups is 1. The van der Waals surface area contributed by atoms with Crippen LogP contribution in [0.2, 0.25) is 0 Å². The molecule has 420 valence electrons. The number of benzene rings is 5. The molecule has 0 saturated carbocycles. The lowest BCUT2D eigenvalue weighted by molar-refractivity contribution is 0.317. The summed E-state index contributed by atoms with van der Waals surface area (Å²) in [7, 11) is -22.0. The normalized spacial score (nSPS) is 13.1. The highest BCUT2D eigenvalue weighted by atomic mass is 32.2. The van der Waals surface area contributed by atoms with Crippen LogP contribution < -0.4 is 9.47 Å². The summed E-state index contributed by atoms with van der Waals surface area (Å²) in [6.07, 6.45) is -0.216. The summed E-state index contributed by atoms with van der Waals surface area (Å²) in [5, 5.41) is 48.1. The number of nitrogens with zero attached hydrogens (tertiary/aromatic N) is 10. The Hall–Kier alpha value is -7.21. The van der Waals surface area contributed by atoms with E-state index in [1.54, 1.807) is 19.9 Å². The van der Waals surface area contributed by atoms with Crippen molar-refractivity contribution in [1.29, 1.82) is 5.26 Å². The number of thiazole rings is 1. The third-order valence-corrected chi connectivity index (χ3v) is 17.9. The van der Waals surface area contributed by atoms with Crippen molar-refractivity contribution < 1.29 is 79.4 Å². The summed E-state index contributed by atoms with van der Waals surface area (Å²) >= 11 is 1.90.